The van der Waals surface area contributed by atoms with E-state index in [1.807, 2.05) is 4.90 Å². The van der Waals surface area contributed by atoms with Gasteiger partial charge in [0.05, 0.1) is 18.0 Å². The number of aromatic amines is 1. The Morgan fingerprint density at radius 3 is 2.75 bits per heavy atom. The third kappa shape index (κ3) is 2.38. The largest absolute Gasteiger partial charge is 0.495 e. The zero-order chi connectivity index (χ0) is 16.7. The van der Waals surface area contributed by atoms with Crippen molar-refractivity contribution in [1.82, 2.24) is 14.8 Å². The van der Waals surface area contributed by atoms with Crippen molar-refractivity contribution in [3.8, 4) is 5.75 Å². The number of fused-ring (bicyclic) bond motifs is 5. The van der Waals surface area contributed by atoms with Gasteiger partial charge in [-0.1, -0.05) is 6.07 Å². The van der Waals surface area contributed by atoms with E-state index in [0.29, 0.717) is 23.2 Å². The molecule has 2 bridgehead atoms. The van der Waals surface area contributed by atoms with Gasteiger partial charge < -0.3 is 19.5 Å². The first kappa shape index (κ1) is 15.2. The van der Waals surface area contributed by atoms with Crippen LogP contribution >= 0.6 is 0 Å². The van der Waals surface area contributed by atoms with Crippen molar-refractivity contribution < 1.29 is 9.53 Å². The van der Waals surface area contributed by atoms with Crippen molar-refractivity contribution in [3.63, 3.8) is 0 Å². The summed E-state index contributed by atoms with van der Waals surface area (Å²) in [4.78, 5) is 33.2. The van der Waals surface area contributed by atoms with Gasteiger partial charge in [0.15, 0.2) is 0 Å². The van der Waals surface area contributed by atoms with Crippen LogP contribution in [0.25, 0.3) is 10.9 Å². The molecule has 4 heterocycles. The number of nitrogens with one attached hydrogen (secondary N) is 1. The Morgan fingerprint density at radius 2 is 2.00 bits per heavy atom. The molecule has 0 radical (unpaired) electrons. The Hall–Kier alpha value is -2.34. The van der Waals surface area contributed by atoms with Crippen molar-refractivity contribution in [1.29, 1.82) is 0 Å². The number of amides is 1. The highest BCUT2D eigenvalue weighted by Crippen LogP contribution is 2.24. The van der Waals surface area contributed by atoms with E-state index in [9.17, 15) is 9.59 Å². The van der Waals surface area contributed by atoms with E-state index in [1.54, 1.807) is 25.3 Å². The summed E-state index contributed by atoms with van der Waals surface area (Å²) in [6.07, 6.45) is 3.52. The molecule has 0 aliphatic carbocycles. The van der Waals surface area contributed by atoms with Gasteiger partial charge in [0.2, 0.25) is 5.43 Å². The van der Waals surface area contributed by atoms with Crippen molar-refractivity contribution >= 4 is 16.8 Å². The van der Waals surface area contributed by atoms with Gasteiger partial charge in [-0.15, -0.1) is 0 Å². The predicted molar refractivity (Wildman–Crippen MR) is 91.6 cm³/mol. The zero-order valence-corrected chi connectivity index (χ0v) is 13.7. The third-order valence-corrected chi connectivity index (χ3v) is 5.24. The number of piperidine rings is 1. The molecule has 0 atom stereocenters. The molecule has 3 aliphatic rings. The molecule has 0 unspecified atom stereocenters. The van der Waals surface area contributed by atoms with Crippen LogP contribution in [-0.4, -0.2) is 60.0 Å². The molecule has 3 aliphatic heterocycles. The van der Waals surface area contributed by atoms with Crippen LogP contribution in [0.4, 0.5) is 0 Å². The molecule has 5 rings (SSSR count). The second kappa shape index (κ2) is 5.94. The summed E-state index contributed by atoms with van der Waals surface area (Å²) in [6, 6.07) is 5.54. The van der Waals surface area contributed by atoms with Gasteiger partial charge in [-0.25, -0.2) is 0 Å². The van der Waals surface area contributed by atoms with Crippen LogP contribution in [0.1, 0.15) is 23.2 Å². The predicted octanol–water partition coefficient (Wildman–Crippen LogP) is 1.46. The van der Waals surface area contributed by atoms with Crippen LogP contribution in [0.2, 0.25) is 0 Å². The first-order chi connectivity index (χ1) is 11.7. The van der Waals surface area contributed by atoms with Crippen molar-refractivity contribution in [3.05, 3.63) is 40.2 Å². The quantitative estimate of drug-likeness (QED) is 0.907. The average molecular weight is 327 g/mol. The standard InChI is InChI=1S/C18H21N3O3/c1-24-15-4-2-3-13-16(15)19-11-14(17(13)22)18(23)21-10-9-20-7-5-12(21)6-8-20/h2-4,11-12H,5-10H2,1H3,(H,19,22). The van der Waals surface area contributed by atoms with Crippen molar-refractivity contribution in [2.24, 2.45) is 0 Å². The number of ether oxygens (including phenoxy) is 1. The van der Waals surface area contributed by atoms with Crippen LogP contribution in [0.3, 0.4) is 0 Å². The lowest BCUT2D eigenvalue weighted by Gasteiger charge is -2.31. The number of para-hydroxylation sites is 1. The van der Waals surface area contributed by atoms with E-state index >= 15 is 0 Å². The highest BCUT2D eigenvalue weighted by molar-refractivity contribution is 5.98. The molecular formula is C18H21N3O3. The molecule has 126 valence electrons. The Balaban J connectivity index is 1.75. The Kier molecular flexibility index (Phi) is 3.76. The fourth-order valence-electron chi connectivity index (χ4n) is 3.86. The minimum absolute atomic E-state index is 0.158. The molecule has 1 aromatic carbocycles. The lowest BCUT2D eigenvalue weighted by Crippen LogP contribution is -2.43. The molecule has 0 saturated carbocycles. The number of hydrogen-bond acceptors (Lipinski definition) is 4. The summed E-state index contributed by atoms with van der Waals surface area (Å²) >= 11 is 0. The van der Waals surface area contributed by atoms with E-state index in [1.165, 1.54) is 6.20 Å². The summed E-state index contributed by atoms with van der Waals surface area (Å²) in [5.74, 6) is 0.444. The first-order valence-corrected chi connectivity index (χ1v) is 8.41. The van der Waals surface area contributed by atoms with E-state index in [2.05, 4.69) is 9.88 Å². The minimum Gasteiger partial charge on any atom is -0.495 e. The fourth-order valence-corrected chi connectivity index (χ4v) is 3.86. The van der Waals surface area contributed by atoms with E-state index in [0.717, 1.165) is 32.5 Å². The number of methoxy groups -OCH3 is 1. The van der Waals surface area contributed by atoms with Gasteiger partial charge in [-0.05, 0) is 25.0 Å². The van der Waals surface area contributed by atoms with Gasteiger partial charge in [0.25, 0.3) is 5.91 Å². The SMILES string of the molecule is COc1cccc2c(=O)c(C(=O)N3CCN4CCC3CC4)c[nH]c12. The maximum Gasteiger partial charge on any atom is 0.259 e. The topological polar surface area (TPSA) is 65.6 Å². The summed E-state index contributed by atoms with van der Waals surface area (Å²) in [6.45, 7) is 3.67. The third-order valence-electron chi connectivity index (χ3n) is 5.24. The maximum absolute atomic E-state index is 13.0. The molecule has 1 amide bonds. The van der Waals surface area contributed by atoms with Gasteiger partial charge in [0.1, 0.15) is 11.3 Å². The highest BCUT2D eigenvalue weighted by Gasteiger charge is 2.33. The molecule has 6 nitrogen and oxygen atoms in total. The number of carbonyl (C=O) groups is 1. The molecule has 0 spiro atoms. The Bertz CT molecular complexity index is 837. The Labute approximate surface area is 140 Å². The summed E-state index contributed by atoms with van der Waals surface area (Å²) in [5.41, 5.74) is 0.618. The fraction of sp³-hybridized carbons (Fsp3) is 0.444. The molecule has 3 fully saturated rings. The number of H-pyrrole nitrogens is 1. The molecule has 2 aromatic rings. The molecule has 3 saturated heterocycles. The first-order valence-electron chi connectivity index (χ1n) is 8.41. The second-order valence-corrected chi connectivity index (χ2v) is 6.49. The van der Waals surface area contributed by atoms with Crippen molar-refractivity contribution in [2.75, 3.05) is 33.3 Å². The zero-order valence-electron chi connectivity index (χ0n) is 13.7. The van der Waals surface area contributed by atoms with Gasteiger partial charge in [-0.3, -0.25) is 9.59 Å². The molecule has 1 N–H and O–H groups in total. The van der Waals surface area contributed by atoms with Crippen LogP contribution in [0.5, 0.6) is 5.75 Å². The second-order valence-electron chi connectivity index (χ2n) is 6.49. The van der Waals surface area contributed by atoms with Crippen LogP contribution in [0, 0.1) is 0 Å². The lowest BCUT2D eigenvalue weighted by molar-refractivity contribution is 0.0683. The number of nitrogens with zero attached hydrogens (tertiary/aromatic N) is 2. The number of pyridine rings is 1. The molecule has 1 aromatic heterocycles. The number of carbonyl (C=O) groups excluding carboxylic acids is 1. The maximum atomic E-state index is 13.0. The number of hydrogen-bond donors (Lipinski definition) is 1. The number of benzene rings is 1. The minimum atomic E-state index is -0.230. The normalized spacial score (nSPS) is 23.3. The van der Waals surface area contributed by atoms with Gasteiger partial charge in [-0.2, -0.15) is 0 Å². The number of rotatable bonds is 2. The van der Waals surface area contributed by atoms with Crippen LogP contribution in [-0.2, 0) is 0 Å². The number of aromatic nitrogens is 1. The van der Waals surface area contributed by atoms with E-state index in [4.69, 9.17) is 4.74 Å². The van der Waals surface area contributed by atoms with Crippen molar-refractivity contribution in [2.45, 2.75) is 18.9 Å². The van der Waals surface area contributed by atoms with Gasteiger partial charge >= 0.3 is 0 Å². The monoisotopic (exact) mass is 327 g/mol. The average Bonchev–Trinajstić information content (AvgIpc) is 2.95. The smallest absolute Gasteiger partial charge is 0.259 e. The highest BCUT2D eigenvalue weighted by atomic mass is 16.5. The van der Waals surface area contributed by atoms with Crippen LogP contribution < -0.4 is 10.2 Å². The lowest BCUT2D eigenvalue weighted by atomic mass is 10.0. The summed E-state index contributed by atoms with van der Waals surface area (Å²) < 4.78 is 5.28. The van der Waals surface area contributed by atoms with Gasteiger partial charge in [0, 0.05) is 38.4 Å². The molecular weight excluding hydrogens is 306 g/mol. The van der Waals surface area contributed by atoms with Crippen LogP contribution in [0.15, 0.2) is 29.2 Å². The van der Waals surface area contributed by atoms with E-state index < -0.39 is 0 Å². The molecule has 6 heteroatoms. The Morgan fingerprint density at radius 1 is 1.21 bits per heavy atom. The van der Waals surface area contributed by atoms with E-state index in [-0.39, 0.29) is 22.9 Å². The summed E-state index contributed by atoms with van der Waals surface area (Å²) in [5, 5.41) is 0.489. The molecule has 24 heavy (non-hydrogen) atoms. The summed E-state index contributed by atoms with van der Waals surface area (Å²) in [7, 11) is 1.56.